The van der Waals surface area contributed by atoms with Crippen LogP contribution in [0.1, 0.15) is 10.5 Å². The molecule has 0 fully saturated rings. The van der Waals surface area contributed by atoms with Crippen molar-refractivity contribution in [2.45, 2.75) is 0 Å². The maximum atomic E-state index is 11.8. The summed E-state index contributed by atoms with van der Waals surface area (Å²) in [7, 11) is 0. The van der Waals surface area contributed by atoms with Crippen molar-refractivity contribution in [1.82, 2.24) is 4.98 Å². The number of aromatic nitrogens is 1. The lowest BCUT2D eigenvalue weighted by Gasteiger charge is -2.06. The summed E-state index contributed by atoms with van der Waals surface area (Å²) in [5.41, 5.74) is 6.66. The Bertz CT molecular complexity index is 652. The molecule has 0 aliphatic carbocycles. The predicted molar refractivity (Wildman–Crippen MR) is 73.6 cm³/mol. The first-order valence-electron chi connectivity index (χ1n) is 5.12. The highest BCUT2D eigenvalue weighted by Gasteiger charge is 2.07. The smallest absolute Gasteiger partial charge is 0.272 e. The Morgan fingerprint density at radius 1 is 1.28 bits per heavy atom. The Hall–Kier alpha value is -2.08. The topological polar surface area (TPSA) is 88.0 Å². The Kier molecular flexibility index (Phi) is 3.47. The fourth-order valence-electron chi connectivity index (χ4n) is 1.40. The minimum Gasteiger partial charge on any atom is -0.398 e. The molecule has 2 aromatic rings. The fourth-order valence-corrected chi connectivity index (χ4v) is 1.65. The number of nitrogen functional groups attached to an aromatic ring is 1. The summed E-state index contributed by atoms with van der Waals surface area (Å²) in [6.45, 7) is 0. The van der Waals surface area contributed by atoms with E-state index in [4.69, 9.17) is 5.73 Å². The van der Waals surface area contributed by atoms with Crippen LogP contribution in [0.4, 0.5) is 11.4 Å². The highest BCUT2D eigenvalue weighted by molar-refractivity contribution is 9.10. The molecule has 1 amide bonds. The number of nitrogens with two attached hydrogens (primary N) is 1. The molecule has 0 aliphatic rings. The molecule has 4 N–H and O–H groups in total. The van der Waals surface area contributed by atoms with E-state index in [9.17, 15) is 9.59 Å². The predicted octanol–water partition coefficient (Wildman–Crippen LogP) is 1.97. The standard InChI is InChI=1S/C12H10BrN3O2/c13-8-5-4-7(6-9(8)14)15-12(18)10-2-1-3-11(17)16-10/h1-6H,14H2,(H,15,18)(H,16,17). The molecule has 1 aromatic heterocycles. The van der Waals surface area contributed by atoms with Crippen LogP contribution in [-0.4, -0.2) is 10.9 Å². The molecule has 0 unspecified atom stereocenters. The van der Waals surface area contributed by atoms with Crippen LogP contribution < -0.4 is 16.6 Å². The first-order chi connectivity index (χ1) is 8.56. The van der Waals surface area contributed by atoms with E-state index in [1.165, 1.54) is 18.2 Å². The highest BCUT2D eigenvalue weighted by atomic mass is 79.9. The molecule has 2 rings (SSSR count). The number of anilines is 2. The number of aromatic amines is 1. The lowest BCUT2D eigenvalue weighted by atomic mass is 10.2. The molecule has 0 atom stereocenters. The van der Waals surface area contributed by atoms with Crippen LogP contribution in [0.3, 0.4) is 0 Å². The summed E-state index contributed by atoms with van der Waals surface area (Å²) < 4.78 is 0.758. The largest absolute Gasteiger partial charge is 0.398 e. The Balaban J connectivity index is 2.21. The van der Waals surface area contributed by atoms with Gasteiger partial charge in [-0.1, -0.05) is 6.07 Å². The lowest BCUT2D eigenvalue weighted by molar-refractivity contribution is 0.102. The third-order valence-electron chi connectivity index (χ3n) is 2.27. The van der Waals surface area contributed by atoms with Gasteiger partial charge in [0.2, 0.25) is 5.56 Å². The zero-order valence-electron chi connectivity index (χ0n) is 9.24. The molecule has 5 nitrogen and oxygen atoms in total. The monoisotopic (exact) mass is 307 g/mol. The average Bonchev–Trinajstić information content (AvgIpc) is 2.34. The van der Waals surface area contributed by atoms with Crippen molar-refractivity contribution in [2.75, 3.05) is 11.1 Å². The summed E-state index contributed by atoms with van der Waals surface area (Å²) in [4.78, 5) is 25.4. The molecule has 18 heavy (non-hydrogen) atoms. The van der Waals surface area contributed by atoms with Gasteiger partial charge in [-0.05, 0) is 40.2 Å². The molecule has 92 valence electrons. The second-order valence-electron chi connectivity index (χ2n) is 3.62. The number of hydrogen-bond acceptors (Lipinski definition) is 3. The minimum absolute atomic E-state index is 0.198. The number of amides is 1. The zero-order chi connectivity index (χ0) is 13.1. The van der Waals surface area contributed by atoms with Crippen molar-refractivity contribution in [3.63, 3.8) is 0 Å². The van der Waals surface area contributed by atoms with Gasteiger partial charge in [0.05, 0.1) is 0 Å². The van der Waals surface area contributed by atoms with Crippen molar-refractivity contribution < 1.29 is 4.79 Å². The number of nitrogens with one attached hydrogen (secondary N) is 2. The van der Waals surface area contributed by atoms with Crippen molar-refractivity contribution >= 4 is 33.2 Å². The van der Waals surface area contributed by atoms with Gasteiger partial charge in [-0.25, -0.2) is 0 Å². The molecule has 0 bridgehead atoms. The van der Waals surface area contributed by atoms with Gasteiger partial charge in [0, 0.05) is 21.9 Å². The van der Waals surface area contributed by atoms with Crippen LogP contribution in [0.5, 0.6) is 0 Å². The Morgan fingerprint density at radius 3 is 2.72 bits per heavy atom. The maximum absolute atomic E-state index is 11.8. The van der Waals surface area contributed by atoms with Gasteiger partial charge in [-0.3, -0.25) is 9.59 Å². The van der Waals surface area contributed by atoms with Crippen molar-refractivity contribution in [1.29, 1.82) is 0 Å². The van der Waals surface area contributed by atoms with Crippen LogP contribution in [-0.2, 0) is 0 Å². The van der Waals surface area contributed by atoms with Crippen LogP contribution >= 0.6 is 15.9 Å². The number of carbonyl (C=O) groups excluding carboxylic acids is 1. The van der Waals surface area contributed by atoms with Crippen molar-refractivity contribution in [3.8, 4) is 0 Å². The molecular formula is C12H10BrN3O2. The molecule has 0 aliphatic heterocycles. The summed E-state index contributed by atoms with van der Waals surface area (Å²) >= 11 is 3.26. The molecule has 0 saturated carbocycles. The molecule has 0 saturated heterocycles. The normalized spacial score (nSPS) is 10.1. The first-order valence-corrected chi connectivity index (χ1v) is 5.91. The minimum atomic E-state index is -0.394. The van der Waals surface area contributed by atoms with Crippen LogP contribution in [0.2, 0.25) is 0 Å². The molecular weight excluding hydrogens is 298 g/mol. The number of hydrogen-bond donors (Lipinski definition) is 3. The Labute approximate surface area is 111 Å². The molecule has 1 heterocycles. The number of pyridine rings is 1. The van der Waals surface area contributed by atoms with E-state index < -0.39 is 5.91 Å². The number of benzene rings is 1. The van der Waals surface area contributed by atoms with E-state index in [1.807, 2.05) is 0 Å². The van der Waals surface area contributed by atoms with Gasteiger partial charge >= 0.3 is 0 Å². The second-order valence-corrected chi connectivity index (χ2v) is 4.47. The third kappa shape index (κ3) is 2.78. The van der Waals surface area contributed by atoms with Crippen LogP contribution in [0.25, 0.3) is 0 Å². The number of carbonyl (C=O) groups is 1. The number of H-pyrrole nitrogens is 1. The summed E-state index contributed by atoms with van der Waals surface area (Å²) in [6, 6.07) is 9.46. The van der Waals surface area contributed by atoms with E-state index in [2.05, 4.69) is 26.2 Å². The van der Waals surface area contributed by atoms with E-state index in [0.717, 1.165) is 4.47 Å². The molecule has 0 spiro atoms. The average molecular weight is 308 g/mol. The first kappa shape index (κ1) is 12.4. The lowest BCUT2D eigenvalue weighted by Crippen LogP contribution is -2.17. The van der Waals surface area contributed by atoms with Gasteiger partial charge in [0.1, 0.15) is 5.69 Å². The third-order valence-corrected chi connectivity index (χ3v) is 2.99. The summed E-state index contributed by atoms with van der Waals surface area (Å²) in [6.07, 6.45) is 0. The van der Waals surface area contributed by atoms with Crippen LogP contribution in [0, 0.1) is 0 Å². The van der Waals surface area contributed by atoms with E-state index in [0.29, 0.717) is 11.4 Å². The molecule has 6 heteroatoms. The van der Waals surface area contributed by atoms with Gasteiger partial charge in [0.25, 0.3) is 5.91 Å². The van der Waals surface area contributed by atoms with Crippen molar-refractivity contribution in [2.24, 2.45) is 0 Å². The Morgan fingerprint density at radius 2 is 2.06 bits per heavy atom. The van der Waals surface area contributed by atoms with Crippen molar-refractivity contribution in [3.05, 3.63) is 56.9 Å². The summed E-state index contributed by atoms with van der Waals surface area (Å²) in [5.74, 6) is -0.394. The van der Waals surface area contributed by atoms with E-state index in [-0.39, 0.29) is 11.3 Å². The second kappa shape index (κ2) is 5.05. The quantitative estimate of drug-likeness (QED) is 0.741. The van der Waals surface area contributed by atoms with Gasteiger partial charge in [0.15, 0.2) is 0 Å². The van der Waals surface area contributed by atoms with Crippen LogP contribution in [0.15, 0.2) is 45.7 Å². The zero-order valence-corrected chi connectivity index (χ0v) is 10.8. The van der Waals surface area contributed by atoms with Gasteiger partial charge in [-0.2, -0.15) is 0 Å². The molecule has 0 radical (unpaired) electrons. The van der Waals surface area contributed by atoms with Gasteiger partial charge in [-0.15, -0.1) is 0 Å². The summed E-state index contributed by atoms with van der Waals surface area (Å²) in [5, 5.41) is 2.64. The van der Waals surface area contributed by atoms with E-state index in [1.54, 1.807) is 18.2 Å². The fraction of sp³-hybridized carbons (Fsp3) is 0. The molecule has 1 aromatic carbocycles. The van der Waals surface area contributed by atoms with E-state index >= 15 is 0 Å². The highest BCUT2D eigenvalue weighted by Crippen LogP contribution is 2.23. The number of halogens is 1. The SMILES string of the molecule is Nc1cc(NC(=O)c2cccc(=O)[nH]2)ccc1Br. The number of rotatable bonds is 2. The maximum Gasteiger partial charge on any atom is 0.272 e. The van der Waals surface area contributed by atoms with Gasteiger partial charge < -0.3 is 16.0 Å².